The quantitative estimate of drug-likeness (QED) is 0.850. The molecule has 1 aromatic rings. The molecule has 0 aliphatic heterocycles. The molecule has 2 nitrogen and oxygen atoms in total. The van der Waals surface area contributed by atoms with Gasteiger partial charge in [0.2, 0.25) is 0 Å². The van der Waals surface area contributed by atoms with Gasteiger partial charge in [-0.05, 0) is 31.0 Å². The zero-order valence-electron chi connectivity index (χ0n) is 7.63. The van der Waals surface area contributed by atoms with Crippen molar-refractivity contribution in [2.24, 2.45) is 5.73 Å². The van der Waals surface area contributed by atoms with Crippen molar-refractivity contribution in [3.05, 3.63) is 34.3 Å². The van der Waals surface area contributed by atoms with Crippen LogP contribution in [0.15, 0.2) is 28.7 Å². The molecular weight excluding hydrogens is 230 g/mol. The fourth-order valence-electron chi connectivity index (χ4n) is 1.17. The number of rotatable bonds is 3. The highest BCUT2D eigenvalue weighted by molar-refractivity contribution is 9.10. The fraction of sp³-hybridized carbons (Fsp3) is 0.400. The van der Waals surface area contributed by atoms with E-state index in [1.807, 2.05) is 31.2 Å². The summed E-state index contributed by atoms with van der Waals surface area (Å²) < 4.78 is 1.04. The molecule has 1 unspecified atom stereocenters. The van der Waals surface area contributed by atoms with Gasteiger partial charge in [0.25, 0.3) is 0 Å². The van der Waals surface area contributed by atoms with Gasteiger partial charge in [0.05, 0.1) is 6.61 Å². The summed E-state index contributed by atoms with van der Waals surface area (Å²) in [7, 11) is 0. The van der Waals surface area contributed by atoms with E-state index in [1.165, 1.54) is 0 Å². The minimum atomic E-state index is -0.527. The topological polar surface area (TPSA) is 46.2 Å². The average Bonchev–Trinajstić information content (AvgIpc) is 2.03. The van der Waals surface area contributed by atoms with Crippen molar-refractivity contribution in [3.63, 3.8) is 0 Å². The normalized spacial score (nSPS) is 15.4. The number of aliphatic hydroxyl groups is 1. The van der Waals surface area contributed by atoms with E-state index in [9.17, 15) is 0 Å². The second kappa shape index (κ2) is 4.22. The molecule has 0 heterocycles. The molecule has 0 spiro atoms. The lowest BCUT2D eigenvalue weighted by Crippen LogP contribution is -2.42. The van der Waals surface area contributed by atoms with Gasteiger partial charge in [0.15, 0.2) is 0 Å². The third-order valence-corrected chi connectivity index (χ3v) is 2.35. The van der Waals surface area contributed by atoms with E-state index in [0.29, 0.717) is 6.42 Å². The average molecular weight is 244 g/mol. The summed E-state index contributed by atoms with van der Waals surface area (Å²) in [6.07, 6.45) is 0.683. The van der Waals surface area contributed by atoms with Crippen molar-refractivity contribution in [3.8, 4) is 0 Å². The second-order valence-electron chi connectivity index (χ2n) is 3.62. The van der Waals surface area contributed by atoms with E-state index in [1.54, 1.807) is 0 Å². The van der Waals surface area contributed by atoms with Crippen LogP contribution in [0.4, 0.5) is 0 Å². The van der Waals surface area contributed by atoms with E-state index in [4.69, 9.17) is 10.8 Å². The Kier molecular flexibility index (Phi) is 3.47. The number of benzene rings is 1. The molecule has 3 heteroatoms. The fourth-order valence-corrected chi connectivity index (χ4v) is 1.62. The van der Waals surface area contributed by atoms with Gasteiger partial charge in [-0.25, -0.2) is 0 Å². The molecule has 1 aromatic carbocycles. The first kappa shape index (κ1) is 10.7. The molecule has 0 fully saturated rings. The Hall–Kier alpha value is -0.380. The maximum absolute atomic E-state index is 8.99. The van der Waals surface area contributed by atoms with Gasteiger partial charge in [-0.1, -0.05) is 28.1 Å². The maximum Gasteiger partial charge on any atom is 0.0611 e. The van der Waals surface area contributed by atoms with E-state index in [-0.39, 0.29) is 6.61 Å². The van der Waals surface area contributed by atoms with Crippen LogP contribution < -0.4 is 5.73 Å². The number of hydrogen-bond acceptors (Lipinski definition) is 2. The van der Waals surface area contributed by atoms with Gasteiger partial charge in [-0.15, -0.1) is 0 Å². The van der Waals surface area contributed by atoms with Crippen molar-refractivity contribution in [1.82, 2.24) is 0 Å². The molecule has 3 N–H and O–H groups in total. The third kappa shape index (κ3) is 3.46. The zero-order valence-corrected chi connectivity index (χ0v) is 9.21. The van der Waals surface area contributed by atoms with Crippen molar-refractivity contribution < 1.29 is 5.11 Å². The molecule has 0 radical (unpaired) electrons. The van der Waals surface area contributed by atoms with Gasteiger partial charge >= 0.3 is 0 Å². The number of aliphatic hydroxyl groups excluding tert-OH is 1. The molecule has 13 heavy (non-hydrogen) atoms. The van der Waals surface area contributed by atoms with Crippen LogP contribution in [0.3, 0.4) is 0 Å². The number of halogens is 1. The largest absolute Gasteiger partial charge is 0.394 e. The van der Waals surface area contributed by atoms with Crippen molar-refractivity contribution in [2.45, 2.75) is 18.9 Å². The molecular formula is C10H14BrNO. The first-order valence-electron chi connectivity index (χ1n) is 4.18. The molecule has 1 atom stereocenters. The van der Waals surface area contributed by atoms with Crippen LogP contribution in [0.1, 0.15) is 12.5 Å². The third-order valence-electron chi connectivity index (χ3n) is 1.86. The van der Waals surface area contributed by atoms with Crippen LogP contribution in [-0.4, -0.2) is 17.3 Å². The zero-order chi connectivity index (χ0) is 9.90. The molecule has 0 aromatic heterocycles. The monoisotopic (exact) mass is 243 g/mol. The van der Waals surface area contributed by atoms with Crippen LogP contribution in [0.25, 0.3) is 0 Å². The molecule has 1 rings (SSSR count). The van der Waals surface area contributed by atoms with Crippen LogP contribution in [0.5, 0.6) is 0 Å². The molecule has 0 aliphatic rings. The van der Waals surface area contributed by atoms with E-state index < -0.39 is 5.54 Å². The first-order chi connectivity index (χ1) is 6.03. The summed E-state index contributed by atoms with van der Waals surface area (Å²) in [6, 6.07) is 7.95. The summed E-state index contributed by atoms with van der Waals surface area (Å²) in [4.78, 5) is 0. The van der Waals surface area contributed by atoms with E-state index >= 15 is 0 Å². The van der Waals surface area contributed by atoms with Crippen LogP contribution in [0.2, 0.25) is 0 Å². The Bertz CT molecular complexity index is 286. The predicted octanol–water partition coefficient (Wildman–Crippen LogP) is 1.70. The molecule has 0 bridgehead atoms. The van der Waals surface area contributed by atoms with Gasteiger partial charge in [0.1, 0.15) is 0 Å². The molecule has 72 valence electrons. The molecule has 0 saturated carbocycles. The Morgan fingerprint density at radius 2 is 2.23 bits per heavy atom. The second-order valence-corrected chi connectivity index (χ2v) is 4.53. The van der Waals surface area contributed by atoms with E-state index in [2.05, 4.69) is 15.9 Å². The van der Waals surface area contributed by atoms with Gasteiger partial charge < -0.3 is 10.8 Å². The lowest BCUT2D eigenvalue weighted by Gasteiger charge is -2.21. The predicted molar refractivity (Wildman–Crippen MR) is 57.5 cm³/mol. The molecule has 0 amide bonds. The summed E-state index contributed by atoms with van der Waals surface area (Å²) in [5, 5.41) is 8.99. The number of nitrogens with two attached hydrogens (primary N) is 1. The van der Waals surface area contributed by atoms with Crippen molar-refractivity contribution in [2.75, 3.05) is 6.61 Å². The SMILES string of the molecule is CC(N)(CO)Cc1cccc(Br)c1. The van der Waals surface area contributed by atoms with Gasteiger partial charge in [-0.3, -0.25) is 0 Å². The Labute approximate surface area is 86.9 Å². The van der Waals surface area contributed by atoms with Gasteiger partial charge in [-0.2, -0.15) is 0 Å². The van der Waals surface area contributed by atoms with Crippen molar-refractivity contribution >= 4 is 15.9 Å². The Morgan fingerprint density at radius 3 is 2.77 bits per heavy atom. The Morgan fingerprint density at radius 1 is 1.54 bits per heavy atom. The van der Waals surface area contributed by atoms with Crippen molar-refractivity contribution in [1.29, 1.82) is 0 Å². The lowest BCUT2D eigenvalue weighted by molar-refractivity contribution is 0.208. The first-order valence-corrected chi connectivity index (χ1v) is 4.97. The minimum Gasteiger partial charge on any atom is -0.394 e. The van der Waals surface area contributed by atoms with Crippen LogP contribution in [-0.2, 0) is 6.42 Å². The highest BCUT2D eigenvalue weighted by atomic mass is 79.9. The van der Waals surface area contributed by atoms with Gasteiger partial charge in [0, 0.05) is 10.0 Å². The minimum absolute atomic E-state index is 0.000483. The summed E-state index contributed by atoms with van der Waals surface area (Å²) in [5.74, 6) is 0. The standard InChI is InChI=1S/C10H14BrNO/c1-10(12,7-13)6-8-3-2-4-9(11)5-8/h2-5,13H,6-7,12H2,1H3. The highest BCUT2D eigenvalue weighted by Crippen LogP contribution is 2.15. The summed E-state index contributed by atoms with van der Waals surface area (Å²) in [5.41, 5.74) is 6.44. The summed E-state index contributed by atoms with van der Waals surface area (Å²) >= 11 is 3.39. The van der Waals surface area contributed by atoms with Crippen LogP contribution >= 0.6 is 15.9 Å². The van der Waals surface area contributed by atoms with Crippen LogP contribution in [0, 0.1) is 0 Å². The smallest absolute Gasteiger partial charge is 0.0611 e. The lowest BCUT2D eigenvalue weighted by atomic mass is 9.95. The Balaban J connectivity index is 2.74. The maximum atomic E-state index is 8.99. The molecule has 0 aliphatic carbocycles. The number of hydrogen-bond donors (Lipinski definition) is 2. The summed E-state index contributed by atoms with van der Waals surface area (Å²) in [6.45, 7) is 1.84. The highest BCUT2D eigenvalue weighted by Gasteiger charge is 2.17. The molecule has 0 saturated heterocycles. The van der Waals surface area contributed by atoms with E-state index in [0.717, 1.165) is 10.0 Å².